The van der Waals surface area contributed by atoms with Crippen LogP contribution in [0.3, 0.4) is 0 Å². The van der Waals surface area contributed by atoms with E-state index in [1.165, 1.54) is 13.5 Å². The Labute approximate surface area is 42.6 Å². The van der Waals surface area contributed by atoms with Crippen molar-refractivity contribution in [3.8, 4) is 0 Å². The summed E-state index contributed by atoms with van der Waals surface area (Å²) in [6.07, 6.45) is 0. The molecule has 41 valence electrons. The first kappa shape index (κ1) is 6.43. The molecule has 3 heteroatoms. The second kappa shape index (κ2) is 3.61. The normalized spacial score (nSPS) is 8.29. The predicted molar refractivity (Wildman–Crippen MR) is 24.9 cm³/mol. The van der Waals surface area contributed by atoms with Crippen LogP contribution in [0, 0.1) is 6.54 Å². The lowest BCUT2D eigenvalue weighted by atomic mass is 10.8. The quantitative estimate of drug-likeness (QED) is 0.507. The van der Waals surface area contributed by atoms with Crippen molar-refractivity contribution in [3.63, 3.8) is 0 Å². The molecule has 7 heavy (non-hydrogen) atoms. The van der Waals surface area contributed by atoms with Crippen LogP contribution in [0.15, 0.2) is 0 Å². The van der Waals surface area contributed by atoms with Crippen molar-refractivity contribution in [1.82, 2.24) is 5.48 Å². The van der Waals surface area contributed by atoms with E-state index < -0.39 is 0 Å². The molecule has 0 unspecified atom stereocenters. The van der Waals surface area contributed by atoms with Gasteiger partial charge in [0.15, 0.2) is 0 Å². The van der Waals surface area contributed by atoms with Gasteiger partial charge in [0.25, 0.3) is 0 Å². The van der Waals surface area contributed by atoms with Gasteiger partial charge in [-0.3, -0.25) is 4.79 Å². The molecule has 1 N–H and O–H groups in total. The average molecular weight is 102 g/mol. The van der Waals surface area contributed by atoms with E-state index in [1.807, 2.05) is 0 Å². The van der Waals surface area contributed by atoms with Crippen LogP contribution in [0.4, 0.5) is 0 Å². The fourth-order valence-corrected chi connectivity index (χ4v) is 0.142. The molecule has 0 aliphatic heterocycles. The van der Waals surface area contributed by atoms with E-state index in [1.54, 1.807) is 6.92 Å². The zero-order valence-electron chi connectivity index (χ0n) is 4.39. The Morgan fingerprint density at radius 3 is 2.57 bits per heavy atom. The van der Waals surface area contributed by atoms with Crippen LogP contribution in [0.5, 0.6) is 0 Å². The topological polar surface area (TPSA) is 38.3 Å². The number of rotatable bonds is 2. The molecule has 0 saturated carbocycles. The number of hydrogen-bond acceptors (Lipinski definition) is 3. The molecule has 0 heterocycles. The minimum absolute atomic E-state index is 0.335. The molecule has 0 aromatic carbocycles. The summed E-state index contributed by atoms with van der Waals surface area (Å²) in [6.45, 7) is 4.58. The van der Waals surface area contributed by atoms with Gasteiger partial charge in [0.1, 0.15) is 0 Å². The number of carbonyl (C=O) groups excluding carboxylic acids is 1. The van der Waals surface area contributed by atoms with Crippen LogP contribution < -0.4 is 5.48 Å². The van der Waals surface area contributed by atoms with Gasteiger partial charge in [-0.25, -0.2) is 0 Å². The second-order valence-corrected chi connectivity index (χ2v) is 1.00. The SMILES string of the molecule is C[CH]NOC(C)=O. The molecule has 0 rings (SSSR count). The maximum absolute atomic E-state index is 9.90. The van der Waals surface area contributed by atoms with E-state index in [-0.39, 0.29) is 5.97 Å². The zero-order valence-corrected chi connectivity index (χ0v) is 4.39. The van der Waals surface area contributed by atoms with Crippen LogP contribution in [0.2, 0.25) is 0 Å². The molecule has 0 aliphatic carbocycles. The van der Waals surface area contributed by atoms with Crippen LogP contribution >= 0.6 is 0 Å². The minimum Gasteiger partial charge on any atom is -0.371 e. The third kappa shape index (κ3) is 5.43. The van der Waals surface area contributed by atoms with E-state index >= 15 is 0 Å². The summed E-state index contributed by atoms with van der Waals surface area (Å²) in [4.78, 5) is 14.1. The summed E-state index contributed by atoms with van der Waals surface area (Å²) in [7, 11) is 0. The van der Waals surface area contributed by atoms with Gasteiger partial charge in [-0.05, 0) is 6.92 Å². The first-order chi connectivity index (χ1) is 3.27. The van der Waals surface area contributed by atoms with Gasteiger partial charge < -0.3 is 4.84 Å². The molecule has 0 atom stereocenters. The van der Waals surface area contributed by atoms with Crippen molar-refractivity contribution >= 4 is 5.97 Å². The van der Waals surface area contributed by atoms with Crippen molar-refractivity contribution in [3.05, 3.63) is 6.54 Å². The fourth-order valence-electron chi connectivity index (χ4n) is 0.142. The summed E-state index contributed by atoms with van der Waals surface area (Å²) in [5.41, 5.74) is 2.27. The summed E-state index contributed by atoms with van der Waals surface area (Å²) in [5.74, 6) is -0.335. The third-order valence-electron chi connectivity index (χ3n) is 0.321. The Kier molecular flexibility index (Phi) is 3.32. The van der Waals surface area contributed by atoms with Gasteiger partial charge in [0.2, 0.25) is 0 Å². The smallest absolute Gasteiger partial charge is 0.321 e. The van der Waals surface area contributed by atoms with Crippen molar-refractivity contribution in [2.75, 3.05) is 0 Å². The Hall–Kier alpha value is -0.570. The Bertz CT molecular complexity index is 62.7. The Morgan fingerprint density at radius 2 is 2.43 bits per heavy atom. The third-order valence-corrected chi connectivity index (χ3v) is 0.321. The van der Waals surface area contributed by atoms with Gasteiger partial charge in [-0.15, -0.1) is 5.48 Å². The summed E-state index contributed by atoms with van der Waals surface area (Å²) in [5, 5.41) is 0. The molecule has 0 spiro atoms. The molecule has 0 aliphatic rings. The molecule has 0 aromatic heterocycles. The maximum Gasteiger partial charge on any atom is 0.321 e. The van der Waals surface area contributed by atoms with Crippen LogP contribution in [0.1, 0.15) is 13.8 Å². The summed E-state index contributed by atoms with van der Waals surface area (Å²) >= 11 is 0. The van der Waals surface area contributed by atoms with E-state index in [0.29, 0.717) is 0 Å². The number of carbonyl (C=O) groups is 1. The van der Waals surface area contributed by atoms with E-state index in [2.05, 4.69) is 10.3 Å². The summed E-state index contributed by atoms with van der Waals surface area (Å²) in [6, 6.07) is 0. The largest absolute Gasteiger partial charge is 0.371 e. The average Bonchev–Trinajstić information content (AvgIpc) is 1.61. The Morgan fingerprint density at radius 1 is 1.86 bits per heavy atom. The van der Waals surface area contributed by atoms with Gasteiger partial charge >= 0.3 is 5.97 Å². The van der Waals surface area contributed by atoms with Crippen LogP contribution in [-0.4, -0.2) is 5.97 Å². The monoisotopic (exact) mass is 102 g/mol. The first-order valence-corrected chi connectivity index (χ1v) is 1.98. The highest BCUT2D eigenvalue weighted by atomic mass is 16.7. The predicted octanol–water partition coefficient (Wildman–Crippen LogP) is 0.236. The molecule has 0 fully saturated rings. The summed E-state index contributed by atoms with van der Waals surface area (Å²) < 4.78 is 0. The molecule has 1 radical (unpaired) electrons. The van der Waals surface area contributed by atoms with Gasteiger partial charge in [0, 0.05) is 6.92 Å². The lowest BCUT2D eigenvalue weighted by Gasteiger charge is -1.94. The molecule has 0 saturated heterocycles. The lowest BCUT2D eigenvalue weighted by Crippen LogP contribution is -2.12. The highest BCUT2D eigenvalue weighted by Crippen LogP contribution is 1.68. The molecular weight excluding hydrogens is 94.0 g/mol. The van der Waals surface area contributed by atoms with E-state index in [0.717, 1.165) is 0 Å². The van der Waals surface area contributed by atoms with Crippen molar-refractivity contribution in [2.24, 2.45) is 0 Å². The Balaban J connectivity index is 2.82. The second-order valence-electron chi connectivity index (χ2n) is 1.00. The first-order valence-electron chi connectivity index (χ1n) is 1.98. The number of nitrogens with one attached hydrogen (secondary N) is 1. The molecule has 0 amide bonds. The fraction of sp³-hybridized carbons (Fsp3) is 0.500. The van der Waals surface area contributed by atoms with Crippen molar-refractivity contribution in [2.45, 2.75) is 13.8 Å². The zero-order chi connectivity index (χ0) is 5.70. The molecule has 0 aromatic rings. The van der Waals surface area contributed by atoms with Crippen molar-refractivity contribution < 1.29 is 9.63 Å². The highest BCUT2D eigenvalue weighted by molar-refractivity contribution is 5.65. The maximum atomic E-state index is 9.90. The lowest BCUT2D eigenvalue weighted by molar-refractivity contribution is -0.146. The van der Waals surface area contributed by atoms with E-state index in [4.69, 9.17) is 0 Å². The van der Waals surface area contributed by atoms with Gasteiger partial charge in [-0.2, -0.15) is 0 Å². The van der Waals surface area contributed by atoms with Gasteiger partial charge in [0.05, 0.1) is 6.54 Å². The van der Waals surface area contributed by atoms with Crippen LogP contribution in [-0.2, 0) is 9.63 Å². The molecular formula is C4H8NO2. The minimum atomic E-state index is -0.335. The number of hydrogen-bond donors (Lipinski definition) is 1. The molecule has 0 bridgehead atoms. The standard InChI is InChI=1S/C4H8NO2/c1-3-5-7-4(2)6/h3,5H,1-2H3. The molecule has 3 nitrogen and oxygen atoms in total. The highest BCUT2D eigenvalue weighted by Gasteiger charge is 1.84. The van der Waals surface area contributed by atoms with Crippen LogP contribution in [0.25, 0.3) is 0 Å². The van der Waals surface area contributed by atoms with Crippen molar-refractivity contribution in [1.29, 1.82) is 0 Å². The van der Waals surface area contributed by atoms with E-state index in [9.17, 15) is 4.79 Å². The van der Waals surface area contributed by atoms with Gasteiger partial charge in [-0.1, -0.05) is 0 Å². The number of hydroxylamine groups is 1.